The number of alkyl halides is 3. The topological polar surface area (TPSA) is 96.0 Å². The van der Waals surface area contributed by atoms with Crippen LogP contribution >= 0.6 is 0 Å². The number of anilines is 1. The number of aromatic hydroxyl groups is 2. The van der Waals surface area contributed by atoms with Crippen molar-refractivity contribution in [2.24, 2.45) is 0 Å². The number of nitrogens with zero attached hydrogens (tertiary/aromatic N) is 5. The van der Waals surface area contributed by atoms with E-state index >= 15 is 0 Å². The van der Waals surface area contributed by atoms with Crippen LogP contribution in [-0.4, -0.2) is 56.1 Å². The number of benzene rings is 1. The summed E-state index contributed by atoms with van der Waals surface area (Å²) in [6.07, 6.45) is -4.60. The zero-order valence-corrected chi connectivity index (χ0v) is 15.7. The van der Waals surface area contributed by atoms with Gasteiger partial charge in [0, 0.05) is 18.7 Å². The summed E-state index contributed by atoms with van der Waals surface area (Å²) in [6, 6.07) is 1.52. The van der Waals surface area contributed by atoms with Gasteiger partial charge in [0.05, 0.1) is 24.5 Å². The van der Waals surface area contributed by atoms with Crippen LogP contribution in [0.4, 0.5) is 19.1 Å². The number of aromatic nitrogens is 4. The van der Waals surface area contributed by atoms with E-state index in [1.807, 2.05) is 4.90 Å². The highest BCUT2D eigenvalue weighted by Crippen LogP contribution is 2.42. The zero-order valence-electron chi connectivity index (χ0n) is 15.7. The highest BCUT2D eigenvalue weighted by Gasteiger charge is 2.33. The summed E-state index contributed by atoms with van der Waals surface area (Å²) in [5, 5.41) is 25.3. The molecule has 2 aromatic heterocycles. The number of ether oxygens (including phenoxy) is 1. The highest BCUT2D eigenvalue weighted by atomic mass is 19.4. The van der Waals surface area contributed by atoms with E-state index in [1.165, 1.54) is 11.4 Å². The van der Waals surface area contributed by atoms with Crippen molar-refractivity contribution in [1.82, 2.24) is 19.6 Å². The Hall–Kier alpha value is -3.08. The molecule has 3 heterocycles. The predicted molar refractivity (Wildman–Crippen MR) is 97.1 cm³/mol. The number of morpholine rings is 1. The van der Waals surface area contributed by atoms with Gasteiger partial charge >= 0.3 is 6.18 Å². The Balaban J connectivity index is 1.85. The summed E-state index contributed by atoms with van der Waals surface area (Å²) >= 11 is 0. The summed E-state index contributed by atoms with van der Waals surface area (Å²) in [6.45, 7) is 5.28. The molecule has 0 aliphatic carbocycles. The molecule has 4 rings (SSSR count). The van der Waals surface area contributed by atoms with E-state index in [-0.39, 0.29) is 28.3 Å². The Morgan fingerprint density at radius 3 is 2.38 bits per heavy atom. The summed E-state index contributed by atoms with van der Waals surface area (Å²) in [7, 11) is 0. The number of rotatable bonds is 2. The van der Waals surface area contributed by atoms with Crippen molar-refractivity contribution in [3.05, 3.63) is 29.0 Å². The summed E-state index contributed by atoms with van der Waals surface area (Å²) in [5.41, 5.74) is -0.602. The quantitative estimate of drug-likeness (QED) is 0.672. The van der Waals surface area contributed by atoms with Gasteiger partial charge in [-0.1, -0.05) is 0 Å². The normalized spacial score (nSPS) is 15.3. The van der Waals surface area contributed by atoms with Gasteiger partial charge in [0.25, 0.3) is 5.78 Å². The van der Waals surface area contributed by atoms with Crippen molar-refractivity contribution in [2.45, 2.75) is 20.0 Å². The molecule has 3 aromatic rings. The SMILES string of the molecule is Cc1cc(C(F)(F)F)cc(O)c1-c1nc2nc(N3CCOCC3)nn2c(C)c1O. The number of phenolic OH excluding ortho intramolecular Hbond substituents is 1. The van der Waals surface area contributed by atoms with Crippen LogP contribution in [0, 0.1) is 13.8 Å². The van der Waals surface area contributed by atoms with Gasteiger partial charge in [0.15, 0.2) is 5.75 Å². The van der Waals surface area contributed by atoms with Crippen molar-refractivity contribution >= 4 is 11.7 Å². The predicted octanol–water partition coefficient (Wildman–Crippen LogP) is 2.67. The fourth-order valence-electron chi connectivity index (χ4n) is 3.33. The van der Waals surface area contributed by atoms with Gasteiger partial charge in [-0.25, -0.2) is 4.98 Å². The molecular weight excluding hydrogens is 391 g/mol. The Kier molecular flexibility index (Phi) is 4.49. The molecule has 8 nitrogen and oxygen atoms in total. The van der Waals surface area contributed by atoms with Crippen LogP contribution in [0.25, 0.3) is 17.0 Å². The number of hydrogen-bond donors (Lipinski definition) is 2. The molecule has 154 valence electrons. The number of fused-ring (bicyclic) bond motifs is 1. The van der Waals surface area contributed by atoms with Gasteiger partial charge in [-0.2, -0.15) is 22.7 Å². The van der Waals surface area contributed by atoms with Crippen molar-refractivity contribution in [3.8, 4) is 22.8 Å². The third-order valence-corrected chi connectivity index (χ3v) is 4.85. The molecule has 2 N–H and O–H groups in total. The molecular formula is C18H18F3N5O3. The van der Waals surface area contributed by atoms with Crippen LogP contribution in [-0.2, 0) is 10.9 Å². The molecule has 0 amide bonds. The Bertz CT molecular complexity index is 1070. The minimum atomic E-state index is -4.60. The van der Waals surface area contributed by atoms with Crippen LogP contribution in [0.1, 0.15) is 16.8 Å². The van der Waals surface area contributed by atoms with Gasteiger partial charge in [0.1, 0.15) is 11.4 Å². The molecule has 11 heteroatoms. The number of hydrogen-bond acceptors (Lipinski definition) is 7. The Morgan fingerprint density at radius 2 is 1.76 bits per heavy atom. The first-order valence-corrected chi connectivity index (χ1v) is 8.87. The lowest BCUT2D eigenvalue weighted by Gasteiger charge is -2.25. The molecule has 0 bridgehead atoms. The first kappa shape index (κ1) is 19.2. The van der Waals surface area contributed by atoms with E-state index in [1.54, 1.807) is 6.92 Å². The zero-order chi connectivity index (χ0) is 20.9. The van der Waals surface area contributed by atoms with E-state index in [0.29, 0.717) is 44.0 Å². The third-order valence-electron chi connectivity index (χ3n) is 4.85. The molecule has 0 unspecified atom stereocenters. The van der Waals surface area contributed by atoms with E-state index in [0.717, 1.165) is 6.07 Å². The van der Waals surface area contributed by atoms with Gasteiger partial charge in [-0.15, -0.1) is 5.10 Å². The van der Waals surface area contributed by atoms with Crippen LogP contribution < -0.4 is 4.90 Å². The summed E-state index contributed by atoms with van der Waals surface area (Å²) < 4.78 is 45.7. The molecule has 1 aromatic carbocycles. The van der Waals surface area contributed by atoms with E-state index in [2.05, 4.69) is 15.1 Å². The second-order valence-electron chi connectivity index (χ2n) is 6.80. The lowest BCUT2D eigenvalue weighted by atomic mass is 9.99. The monoisotopic (exact) mass is 409 g/mol. The highest BCUT2D eigenvalue weighted by molar-refractivity contribution is 5.77. The second kappa shape index (κ2) is 6.76. The molecule has 0 saturated carbocycles. The molecule has 1 aliphatic rings. The first-order valence-electron chi connectivity index (χ1n) is 8.87. The average molecular weight is 409 g/mol. The second-order valence-corrected chi connectivity index (χ2v) is 6.80. The number of phenols is 1. The fourth-order valence-corrected chi connectivity index (χ4v) is 3.33. The molecule has 1 saturated heterocycles. The molecule has 1 aliphatic heterocycles. The lowest BCUT2D eigenvalue weighted by Crippen LogP contribution is -2.36. The number of aryl methyl sites for hydroxylation is 2. The van der Waals surface area contributed by atoms with Gasteiger partial charge in [0.2, 0.25) is 5.95 Å². The Labute approximate surface area is 163 Å². The van der Waals surface area contributed by atoms with E-state index < -0.39 is 17.5 Å². The smallest absolute Gasteiger partial charge is 0.416 e. The van der Waals surface area contributed by atoms with E-state index in [9.17, 15) is 23.4 Å². The minimum Gasteiger partial charge on any atom is -0.507 e. The van der Waals surface area contributed by atoms with Crippen molar-refractivity contribution in [2.75, 3.05) is 31.2 Å². The van der Waals surface area contributed by atoms with Crippen molar-refractivity contribution in [3.63, 3.8) is 0 Å². The van der Waals surface area contributed by atoms with E-state index in [4.69, 9.17) is 4.74 Å². The van der Waals surface area contributed by atoms with Crippen LogP contribution in [0.5, 0.6) is 11.5 Å². The Morgan fingerprint density at radius 1 is 1.07 bits per heavy atom. The van der Waals surface area contributed by atoms with Crippen LogP contribution in [0.15, 0.2) is 12.1 Å². The maximum atomic E-state index is 13.0. The van der Waals surface area contributed by atoms with Gasteiger partial charge in [-0.05, 0) is 31.5 Å². The molecule has 29 heavy (non-hydrogen) atoms. The number of halogens is 3. The largest absolute Gasteiger partial charge is 0.507 e. The molecule has 0 spiro atoms. The average Bonchev–Trinajstić information content (AvgIpc) is 3.09. The van der Waals surface area contributed by atoms with Crippen molar-refractivity contribution in [1.29, 1.82) is 0 Å². The lowest BCUT2D eigenvalue weighted by molar-refractivity contribution is -0.137. The maximum Gasteiger partial charge on any atom is 0.416 e. The third kappa shape index (κ3) is 3.31. The summed E-state index contributed by atoms with van der Waals surface area (Å²) in [5.74, 6) is -0.352. The molecule has 0 atom stereocenters. The standard InChI is InChI=1S/C18H18F3N5O3/c1-9-7-11(18(19,20)21)8-12(27)13(9)14-15(28)10(2)26-16(22-14)23-17(24-26)25-3-5-29-6-4-25/h7-8,27-28H,3-6H2,1-2H3. The van der Waals surface area contributed by atoms with Gasteiger partial charge < -0.3 is 19.8 Å². The summed E-state index contributed by atoms with van der Waals surface area (Å²) in [4.78, 5) is 10.6. The van der Waals surface area contributed by atoms with Crippen LogP contribution in [0.3, 0.4) is 0 Å². The molecule has 0 radical (unpaired) electrons. The van der Waals surface area contributed by atoms with Crippen LogP contribution in [0.2, 0.25) is 0 Å². The molecule has 1 fully saturated rings. The minimum absolute atomic E-state index is 0.0111. The first-order chi connectivity index (χ1) is 13.7. The fraction of sp³-hybridized carbons (Fsp3) is 0.389. The van der Waals surface area contributed by atoms with Crippen molar-refractivity contribution < 1.29 is 28.1 Å². The maximum absolute atomic E-state index is 13.0. The van der Waals surface area contributed by atoms with Gasteiger partial charge in [-0.3, -0.25) is 0 Å².